The molecule has 0 rings (SSSR count). The van der Waals surface area contributed by atoms with Crippen LogP contribution in [-0.2, 0) is 9.53 Å². The van der Waals surface area contributed by atoms with Gasteiger partial charge in [-0.2, -0.15) is 0 Å². The van der Waals surface area contributed by atoms with Crippen LogP contribution in [0, 0.1) is 10.1 Å². The topological polar surface area (TPSA) is 69.4 Å². The Morgan fingerprint density at radius 2 is 2.33 bits per heavy atom. The van der Waals surface area contributed by atoms with Crippen LogP contribution >= 0.6 is 11.6 Å². The first kappa shape index (κ1) is 11.2. The SMILES string of the molecule is CCC(C[N+](=O)[O-])OC(=O)CCl. The molecule has 0 saturated carbocycles. The number of carbonyl (C=O) groups excluding carboxylic acids is 1. The quantitative estimate of drug-likeness (QED) is 0.282. The van der Waals surface area contributed by atoms with Crippen molar-refractivity contribution in [2.45, 2.75) is 19.4 Å². The van der Waals surface area contributed by atoms with Gasteiger partial charge < -0.3 is 4.74 Å². The lowest BCUT2D eigenvalue weighted by molar-refractivity contribution is -0.490. The average molecular weight is 196 g/mol. The van der Waals surface area contributed by atoms with E-state index in [9.17, 15) is 14.9 Å². The molecular weight excluding hydrogens is 186 g/mol. The predicted octanol–water partition coefficient (Wildman–Crippen LogP) is 0.824. The molecule has 5 nitrogen and oxygen atoms in total. The van der Waals surface area contributed by atoms with Gasteiger partial charge in [0.1, 0.15) is 5.88 Å². The second-order valence-electron chi connectivity index (χ2n) is 2.17. The molecule has 0 spiro atoms. The van der Waals surface area contributed by atoms with Gasteiger partial charge in [-0.25, -0.2) is 0 Å². The summed E-state index contributed by atoms with van der Waals surface area (Å²) >= 11 is 5.15. The number of carbonyl (C=O) groups is 1. The summed E-state index contributed by atoms with van der Waals surface area (Å²) in [4.78, 5) is 20.1. The summed E-state index contributed by atoms with van der Waals surface area (Å²) in [6.45, 7) is 1.34. The Kier molecular flexibility index (Phi) is 5.36. The fourth-order valence-electron chi connectivity index (χ4n) is 0.633. The van der Waals surface area contributed by atoms with Gasteiger partial charge in [-0.1, -0.05) is 6.92 Å². The Bertz CT molecular complexity index is 173. The summed E-state index contributed by atoms with van der Waals surface area (Å²) in [7, 11) is 0. The van der Waals surface area contributed by atoms with Gasteiger partial charge in [0.05, 0.1) is 0 Å². The molecule has 1 atom stereocenters. The number of esters is 1. The maximum Gasteiger partial charge on any atom is 0.321 e. The number of nitro groups is 1. The number of hydrogen-bond donors (Lipinski definition) is 0. The molecule has 12 heavy (non-hydrogen) atoms. The Hall–Kier alpha value is -0.840. The third kappa shape index (κ3) is 4.90. The molecule has 0 aromatic rings. The fourth-order valence-corrected chi connectivity index (χ4v) is 0.696. The summed E-state index contributed by atoms with van der Waals surface area (Å²) in [6.07, 6.45) is -0.241. The van der Waals surface area contributed by atoms with Crippen LogP contribution in [0.1, 0.15) is 13.3 Å². The van der Waals surface area contributed by atoms with Gasteiger partial charge in [0.25, 0.3) is 0 Å². The summed E-state index contributed by atoms with van der Waals surface area (Å²) in [6, 6.07) is 0. The monoisotopic (exact) mass is 195 g/mol. The van der Waals surface area contributed by atoms with Crippen LogP contribution in [0.5, 0.6) is 0 Å². The van der Waals surface area contributed by atoms with Gasteiger partial charge in [0.15, 0.2) is 6.10 Å². The molecule has 0 radical (unpaired) electrons. The number of alkyl halides is 1. The molecular formula is C6H10ClNO4. The maximum atomic E-state index is 10.6. The van der Waals surface area contributed by atoms with E-state index in [1.807, 2.05) is 0 Å². The molecule has 70 valence electrons. The van der Waals surface area contributed by atoms with Gasteiger partial charge in [0, 0.05) is 4.92 Å². The molecule has 0 aromatic heterocycles. The van der Waals surface area contributed by atoms with Crippen molar-refractivity contribution in [1.29, 1.82) is 0 Å². The van der Waals surface area contributed by atoms with Crippen LogP contribution in [0.4, 0.5) is 0 Å². The predicted molar refractivity (Wildman–Crippen MR) is 42.8 cm³/mol. The largest absolute Gasteiger partial charge is 0.454 e. The van der Waals surface area contributed by atoms with Crippen LogP contribution in [0.3, 0.4) is 0 Å². The summed E-state index contributed by atoms with van der Waals surface area (Å²) < 4.78 is 4.65. The zero-order chi connectivity index (χ0) is 9.56. The van der Waals surface area contributed by atoms with Crippen LogP contribution in [0.15, 0.2) is 0 Å². The van der Waals surface area contributed by atoms with E-state index < -0.39 is 17.0 Å². The molecule has 1 unspecified atom stereocenters. The van der Waals surface area contributed by atoms with Crippen molar-refractivity contribution in [2.24, 2.45) is 0 Å². The zero-order valence-corrected chi connectivity index (χ0v) is 7.41. The van der Waals surface area contributed by atoms with E-state index >= 15 is 0 Å². The third-order valence-corrected chi connectivity index (χ3v) is 1.43. The van der Waals surface area contributed by atoms with Crippen LogP contribution in [0.2, 0.25) is 0 Å². The summed E-state index contributed by atoms with van der Waals surface area (Å²) in [5.74, 6) is -0.890. The number of halogens is 1. The van der Waals surface area contributed by atoms with Crippen molar-refractivity contribution >= 4 is 17.6 Å². The first-order chi connectivity index (χ1) is 5.60. The Morgan fingerprint density at radius 3 is 2.67 bits per heavy atom. The van der Waals surface area contributed by atoms with E-state index in [2.05, 4.69) is 4.74 Å². The first-order valence-corrected chi connectivity index (χ1v) is 4.00. The van der Waals surface area contributed by atoms with Crippen molar-refractivity contribution in [3.05, 3.63) is 10.1 Å². The molecule has 0 aliphatic heterocycles. The van der Waals surface area contributed by atoms with Crippen molar-refractivity contribution in [2.75, 3.05) is 12.4 Å². The maximum absolute atomic E-state index is 10.6. The zero-order valence-electron chi connectivity index (χ0n) is 6.66. The minimum Gasteiger partial charge on any atom is -0.454 e. The molecule has 0 fully saturated rings. The molecule has 0 N–H and O–H groups in total. The second kappa shape index (κ2) is 5.77. The van der Waals surface area contributed by atoms with Crippen LogP contribution in [0.25, 0.3) is 0 Å². The van der Waals surface area contributed by atoms with Crippen LogP contribution in [-0.4, -0.2) is 29.4 Å². The standard InChI is InChI=1S/C6H10ClNO4/c1-2-5(4-8(10)11)12-6(9)3-7/h5H,2-4H2,1H3. The van der Waals surface area contributed by atoms with E-state index in [-0.39, 0.29) is 12.4 Å². The lowest BCUT2D eigenvalue weighted by Crippen LogP contribution is -2.26. The number of hydrogen-bond acceptors (Lipinski definition) is 4. The lowest BCUT2D eigenvalue weighted by Gasteiger charge is -2.10. The highest BCUT2D eigenvalue weighted by Gasteiger charge is 2.16. The van der Waals surface area contributed by atoms with Gasteiger partial charge in [-0.3, -0.25) is 14.9 Å². The van der Waals surface area contributed by atoms with Gasteiger partial charge >= 0.3 is 5.97 Å². The van der Waals surface area contributed by atoms with Crippen molar-refractivity contribution in [3.63, 3.8) is 0 Å². The van der Waals surface area contributed by atoms with Crippen molar-refractivity contribution < 1.29 is 14.5 Å². The molecule has 0 amide bonds. The first-order valence-electron chi connectivity index (χ1n) is 3.47. The highest BCUT2D eigenvalue weighted by molar-refractivity contribution is 6.26. The number of rotatable bonds is 5. The van der Waals surface area contributed by atoms with E-state index in [1.54, 1.807) is 6.92 Å². The average Bonchev–Trinajstić information content (AvgIpc) is 2.02. The Morgan fingerprint density at radius 1 is 1.75 bits per heavy atom. The second-order valence-corrected chi connectivity index (χ2v) is 2.44. The van der Waals surface area contributed by atoms with Crippen molar-refractivity contribution in [3.8, 4) is 0 Å². The normalized spacial score (nSPS) is 12.2. The van der Waals surface area contributed by atoms with Crippen LogP contribution < -0.4 is 0 Å². The summed E-state index contributed by atoms with van der Waals surface area (Å²) in [5.41, 5.74) is 0. The number of ether oxygens (including phenoxy) is 1. The van der Waals surface area contributed by atoms with Gasteiger partial charge in [-0.05, 0) is 6.42 Å². The highest BCUT2D eigenvalue weighted by atomic mass is 35.5. The molecule has 0 aliphatic carbocycles. The molecule has 0 bridgehead atoms. The summed E-state index contributed by atoms with van der Waals surface area (Å²) in [5, 5.41) is 10.0. The van der Waals surface area contributed by atoms with E-state index in [1.165, 1.54) is 0 Å². The molecule has 0 saturated heterocycles. The highest BCUT2D eigenvalue weighted by Crippen LogP contribution is 1.99. The number of nitrogens with zero attached hydrogens (tertiary/aromatic N) is 1. The minimum atomic E-state index is -0.661. The van der Waals surface area contributed by atoms with Gasteiger partial charge in [-0.15, -0.1) is 11.6 Å². The Balaban J connectivity index is 3.82. The third-order valence-electron chi connectivity index (χ3n) is 1.22. The van der Waals surface area contributed by atoms with Gasteiger partial charge in [0.2, 0.25) is 6.54 Å². The molecule has 0 aromatic carbocycles. The van der Waals surface area contributed by atoms with E-state index in [0.717, 1.165) is 0 Å². The molecule has 0 heterocycles. The van der Waals surface area contributed by atoms with E-state index in [0.29, 0.717) is 6.42 Å². The smallest absolute Gasteiger partial charge is 0.321 e. The minimum absolute atomic E-state index is 0.270. The molecule has 0 aliphatic rings. The van der Waals surface area contributed by atoms with E-state index in [4.69, 9.17) is 11.6 Å². The van der Waals surface area contributed by atoms with Crippen molar-refractivity contribution in [1.82, 2.24) is 0 Å². The fraction of sp³-hybridized carbons (Fsp3) is 0.833. The Labute approximate surface area is 74.8 Å². The molecule has 6 heteroatoms. The lowest BCUT2D eigenvalue weighted by atomic mass is 10.3.